The van der Waals surface area contributed by atoms with Crippen LogP contribution in [0.1, 0.15) is 10.4 Å². The highest BCUT2D eigenvalue weighted by molar-refractivity contribution is 9.10. The van der Waals surface area contributed by atoms with Gasteiger partial charge in [0.1, 0.15) is 18.5 Å². The number of para-hydroxylation sites is 2. The Morgan fingerprint density at radius 1 is 1.15 bits per heavy atom. The molecule has 0 aliphatic carbocycles. The summed E-state index contributed by atoms with van der Waals surface area (Å²) in [4.78, 5) is -0.0762. The first-order valence-corrected chi connectivity index (χ1v) is 7.83. The van der Waals surface area contributed by atoms with Crippen LogP contribution < -0.4 is 9.47 Å². The van der Waals surface area contributed by atoms with Crippen molar-refractivity contribution in [1.29, 1.82) is 0 Å². The number of halogens is 3. The third-order valence-electron chi connectivity index (χ3n) is 3.12. The van der Waals surface area contributed by atoms with Gasteiger partial charge in [-0.3, -0.25) is 0 Å². The van der Waals surface area contributed by atoms with Crippen molar-refractivity contribution in [3.8, 4) is 11.5 Å². The van der Waals surface area contributed by atoms with Crippen LogP contribution in [-0.2, 0) is 0 Å². The highest BCUT2D eigenvalue weighted by Gasteiger charge is 2.28. The van der Waals surface area contributed by atoms with Crippen LogP contribution in [0, 0.1) is 5.82 Å². The van der Waals surface area contributed by atoms with E-state index in [1.54, 1.807) is 12.1 Å². The minimum Gasteiger partial charge on any atom is -0.486 e. The third kappa shape index (κ3) is 2.69. The minimum absolute atomic E-state index is 0.0762. The van der Waals surface area contributed by atoms with E-state index in [-0.39, 0.29) is 16.7 Å². The molecule has 0 fully saturated rings. The number of alkyl halides is 1. The Balaban J connectivity index is 1.82. The number of hydrogen-bond acceptors (Lipinski definition) is 2. The lowest BCUT2D eigenvalue weighted by Crippen LogP contribution is -2.32. The van der Waals surface area contributed by atoms with Crippen LogP contribution in [0.3, 0.4) is 0 Å². The van der Waals surface area contributed by atoms with E-state index in [1.165, 1.54) is 6.07 Å². The first-order valence-electron chi connectivity index (χ1n) is 6.12. The molecule has 0 saturated heterocycles. The Kier molecular flexibility index (Phi) is 3.98. The number of ether oxygens (including phenoxy) is 2. The fourth-order valence-corrected chi connectivity index (χ4v) is 3.02. The zero-order valence-corrected chi connectivity index (χ0v) is 13.5. The van der Waals surface area contributed by atoms with Crippen LogP contribution in [0.4, 0.5) is 4.39 Å². The van der Waals surface area contributed by atoms with Crippen LogP contribution >= 0.6 is 31.9 Å². The number of rotatable bonds is 2. The van der Waals surface area contributed by atoms with E-state index in [1.807, 2.05) is 24.3 Å². The third-order valence-corrected chi connectivity index (χ3v) is 4.85. The molecule has 20 heavy (non-hydrogen) atoms. The molecule has 1 aliphatic heterocycles. The topological polar surface area (TPSA) is 18.5 Å². The fraction of sp³-hybridized carbons (Fsp3) is 0.200. The maximum Gasteiger partial charge on any atom is 0.161 e. The minimum atomic E-state index is -0.278. The Morgan fingerprint density at radius 3 is 2.65 bits per heavy atom. The standard InChI is InChI=1S/C15H11Br2FO2/c16-10-7-9(5-6-11(10)18)15(17)14-8-19-12-3-1-2-4-13(12)20-14/h1-7,14-15H,8H2. The first-order chi connectivity index (χ1) is 9.65. The Bertz CT molecular complexity index is 633. The highest BCUT2D eigenvalue weighted by atomic mass is 79.9. The van der Waals surface area contributed by atoms with Gasteiger partial charge in [-0.25, -0.2) is 4.39 Å². The summed E-state index contributed by atoms with van der Waals surface area (Å²) in [5.41, 5.74) is 0.936. The molecular weight excluding hydrogens is 391 g/mol. The Morgan fingerprint density at radius 2 is 1.90 bits per heavy atom. The van der Waals surface area contributed by atoms with Gasteiger partial charge in [0, 0.05) is 0 Å². The lowest BCUT2D eigenvalue weighted by Gasteiger charge is -2.29. The molecule has 0 saturated carbocycles. The predicted molar refractivity (Wildman–Crippen MR) is 82.1 cm³/mol. The van der Waals surface area contributed by atoms with Gasteiger partial charge in [-0.1, -0.05) is 34.1 Å². The Labute approximate surface area is 133 Å². The van der Waals surface area contributed by atoms with Crippen molar-refractivity contribution in [1.82, 2.24) is 0 Å². The van der Waals surface area contributed by atoms with E-state index in [4.69, 9.17) is 9.47 Å². The molecule has 0 amide bonds. The van der Waals surface area contributed by atoms with Gasteiger partial charge in [-0.15, -0.1) is 0 Å². The van der Waals surface area contributed by atoms with Crippen molar-refractivity contribution < 1.29 is 13.9 Å². The van der Waals surface area contributed by atoms with Crippen LogP contribution in [0.2, 0.25) is 0 Å². The van der Waals surface area contributed by atoms with Crippen molar-refractivity contribution in [3.05, 3.63) is 58.3 Å². The predicted octanol–water partition coefficient (Wildman–Crippen LogP) is 4.86. The Hall–Kier alpha value is -1.07. The van der Waals surface area contributed by atoms with Crippen LogP contribution in [0.5, 0.6) is 11.5 Å². The normalized spacial score (nSPS) is 18.6. The summed E-state index contributed by atoms with van der Waals surface area (Å²) in [6.45, 7) is 0.446. The summed E-state index contributed by atoms with van der Waals surface area (Å²) in [7, 11) is 0. The molecule has 104 valence electrons. The fourth-order valence-electron chi connectivity index (χ4n) is 2.08. The molecule has 2 aromatic rings. The molecule has 1 aliphatic rings. The molecular formula is C15H11Br2FO2. The van der Waals surface area contributed by atoms with Gasteiger partial charge in [-0.05, 0) is 45.8 Å². The van der Waals surface area contributed by atoms with Crippen LogP contribution in [0.15, 0.2) is 46.9 Å². The average Bonchev–Trinajstić information content (AvgIpc) is 2.49. The summed E-state index contributed by atoms with van der Waals surface area (Å²) in [5, 5.41) is 0. The lowest BCUT2D eigenvalue weighted by molar-refractivity contribution is 0.0904. The second-order valence-electron chi connectivity index (χ2n) is 4.49. The second-order valence-corrected chi connectivity index (χ2v) is 6.33. The molecule has 0 bridgehead atoms. The largest absolute Gasteiger partial charge is 0.486 e. The van der Waals surface area contributed by atoms with E-state index >= 15 is 0 Å². The average molecular weight is 402 g/mol. The van der Waals surface area contributed by atoms with Gasteiger partial charge in [0.25, 0.3) is 0 Å². The van der Waals surface area contributed by atoms with Crippen molar-refractivity contribution >= 4 is 31.9 Å². The van der Waals surface area contributed by atoms with Crippen molar-refractivity contribution in [2.75, 3.05) is 6.61 Å². The first kappa shape index (κ1) is 13.9. The molecule has 2 nitrogen and oxygen atoms in total. The zero-order valence-electron chi connectivity index (χ0n) is 10.4. The number of fused-ring (bicyclic) bond motifs is 1. The quantitative estimate of drug-likeness (QED) is 0.668. The second kappa shape index (κ2) is 5.74. The van der Waals surface area contributed by atoms with Crippen molar-refractivity contribution in [2.24, 2.45) is 0 Å². The SMILES string of the molecule is Fc1ccc(C(Br)C2COc3ccccc3O2)cc1Br. The van der Waals surface area contributed by atoms with Crippen LogP contribution in [-0.4, -0.2) is 12.7 Å². The molecule has 2 unspecified atom stereocenters. The molecule has 0 radical (unpaired) electrons. The van der Waals surface area contributed by atoms with Gasteiger partial charge in [0.15, 0.2) is 11.5 Å². The molecule has 0 aromatic heterocycles. The summed E-state index contributed by atoms with van der Waals surface area (Å²) < 4.78 is 25.4. The van der Waals surface area contributed by atoms with Crippen molar-refractivity contribution in [2.45, 2.75) is 10.9 Å². The molecule has 2 atom stereocenters. The van der Waals surface area contributed by atoms with Crippen molar-refractivity contribution in [3.63, 3.8) is 0 Å². The van der Waals surface area contributed by atoms with Gasteiger partial charge in [0.05, 0.1) is 9.30 Å². The summed E-state index contributed by atoms with van der Waals surface area (Å²) >= 11 is 6.81. The molecule has 0 spiro atoms. The lowest BCUT2D eigenvalue weighted by atomic mass is 10.1. The highest BCUT2D eigenvalue weighted by Crippen LogP contribution is 2.38. The van der Waals surface area contributed by atoms with E-state index in [9.17, 15) is 4.39 Å². The van der Waals surface area contributed by atoms with E-state index in [0.717, 1.165) is 17.1 Å². The van der Waals surface area contributed by atoms with E-state index in [0.29, 0.717) is 11.1 Å². The maximum absolute atomic E-state index is 13.3. The molecule has 1 heterocycles. The number of benzene rings is 2. The van der Waals surface area contributed by atoms with Gasteiger partial charge in [0.2, 0.25) is 0 Å². The summed E-state index contributed by atoms with van der Waals surface area (Å²) in [6.07, 6.45) is -0.165. The molecule has 5 heteroatoms. The van der Waals surface area contributed by atoms with E-state index in [2.05, 4.69) is 31.9 Å². The smallest absolute Gasteiger partial charge is 0.161 e. The molecule has 2 aromatic carbocycles. The summed E-state index contributed by atoms with van der Waals surface area (Å²) in [6, 6.07) is 12.5. The van der Waals surface area contributed by atoms with Gasteiger partial charge >= 0.3 is 0 Å². The molecule has 0 N–H and O–H groups in total. The van der Waals surface area contributed by atoms with Crippen LogP contribution in [0.25, 0.3) is 0 Å². The monoisotopic (exact) mass is 400 g/mol. The molecule has 3 rings (SSSR count). The summed E-state index contributed by atoms with van der Waals surface area (Å²) in [5.74, 6) is 1.21. The maximum atomic E-state index is 13.3. The van der Waals surface area contributed by atoms with E-state index < -0.39 is 0 Å². The van der Waals surface area contributed by atoms with Gasteiger partial charge in [-0.2, -0.15) is 0 Å². The van der Waals surface area contributed by atoms with Gasteiger partial charge < -0.3 is 9.47 Å². The number of hydrogen-bond donors (Lipinski definition) is 0. The zero-order chi connectivity index (χ0) is 14.1.